The molecule has 33 heavy (non-hydrogen) atoms. The molecule has 1 N–H and O–H groups in total. The van der Waals surface area contributed by atoms with Gasteiger partial charge in [0.1, 0.15) is 6.04 Å². The molecule has 2 aromatic carbocycles. The van der Waals surface area contributed by atoms with Crippen molar-refractivity contribution < 1.29 is 18.0 Å². The normalized spacial score (nSPS) is 19.4. The fraction of sp³-hybridized carbons (Fsp3) is 0.440. The summed E-state index contributed by atoms with van der Waals surface area (Å²) >= 11 is 0. The highest BCUT2D eigenvalue weighted by molar-refractivity contribution is 7.89. The minimum atomic E-state index is -3.73. The quantitative estimate of drug-likeness (QED) is 0.704. The van der Waals surface area contributed by atoms with Crippen molar-refractivity contribution in [3.63, 3.8) is 0 Å². The molecule has 0 aliphatic carbocycles. The summed E-state index contributed by atoms with van der Waals surface area (Å²) in [6.45, 7) is 4.13. The molecular weight excluding hydrogens is 438 g/mol. The molecule has 2 heterocycles. The molecule has 0 radical (unpaired) electrons. The Balaban J connectivity index is 1.37. The fourth-order valence-corrected chi connectivity index (χ4v) is 6.14. The van der Waals surface area contributed by atoms with Crippen molar-refractivity contribution in [3.8, 4) is 0 Å². The maximum Gasteiger partial charge on any atom is 0.253 e. The molecule has 2 amide bonds. The van der Waals surface area contributed by atoms with Crippen molar-refractivity contribution in [2.75, 3.05) is 19.6 Å². The van der Waals surface area contributed by atoms with Gasteiger partial charge in [0, 0.05) is 31.7 Å². The summed E-state index contributed by atoms with van der Waals surface area (Å²) in [4.78, 5) is 27.6. The number of likely N-dealkylation sites (tertiary alicyclic amines) is 1. The van der Waals surface area contributed by atoms with E-state index in [1.165, 1.54) is 10.7 Å². The van der Waals surface area contributed by atoms with Crippen LogP contribution in [0.1, 0.15) is 53.6 Å². The summed E-state index contributed by atoms with van der Waals surface area (Å²) in [7, 11) is -3.73. The van der Waals surface area contributed by atoms with Gasteiger partial charge >= 0.3 is 0 Å². The predicted octanol–water partition coefficient (Wildman–Crippen LogP) is 3.09. The zero-order valence-corrected chi connectivity index (χ0v) is 19.8. The first-order valence-electron chi connectivity index (χ1n) is 11.6. The minimum Gasteiger partial charge on any atom is -0.351 e. The SMILES string of the molecule is Cc1ccc(S(=O)(=O)N2CCC[C@@H]2C(=O)NCc2ccc(C(=O)N3CCCCC3)cc2)cc1. The van der Waals surface area contributed by atoms with Crippen molar-refractivity contribution in [3.05, 3.63) is 65.2 Å². The topological polar surface area (TPSA) is 86.8 Å². The first-order valence-corrected chi connectivity index (χ1v) is 13.0. The molecule has 8 heteroatoms. The van der Waals surface area contributed by atoms with Crippen LogP contribution in [0.25, 0.3) is 0 Å². The van der Waals surface area contributed by atoms with Crippen LogP contribution in [-0.4, -0.2) is 55.1 Å². The van der Waals surface area contributed by atoms with E-state index in [0.717, 1.165) is 37.1 Å². The van der Waals surface area contributed by atoms with Gasteiger partial charge in [0.25, 0.3) is 5.91 Å². The lowest BCUT2D eigenvalue weighted by molar-refractivity contribution is -0.124. The van der Waals surface area contributed by atoms with Gasteiger partial charge in [0.2, 0.25) is 15.9 Å². The van der Waals surface area contributed by atoms with E-state index in [1.54, 1.807) is 36.4 Å². The smallest absolute Gasteiger partial charge is 0.253 e. The molecule has 2 fully saturated rings. The highest BCUT2D eigenvalue weighted by Gasteiger charge is 2.39. The lowest BCUT2D eigenvalue weighted by atomic mass is 10.1. The van der Waals surface area contributed by atoms with Crippen LogP contribution in [0.5, 0.6) is 0 Å². The molecule has 2 aliphatic rings. The molecular formula is C25H31N3O4S. The largest absolute Gasteiger partial charge is 0.351 e. The number of carbonyl (C=O) groups excluding carboxylic acids is 2. The highest BCUT2D eigenvalue weighted by Crippen LogP contribution is 2.26. The van der Waals surface area contributed by atoms with Gasteiger partial charge in [-0.3, -0.25) is 9.59 Å². The van der Waals surface area contributed by atoms with Crippen molar-refractivity contribution in [1.29, 1.82) is 0 Å². The predicted molar refractivity (Wildman–Crippen MR) is 126 cm³/mol. The third kappa shape index (κ3) is 5.28. The van der Waals surface area contributed by atoms with Crippen LogP contribution in [0.2, 0.25) is 0 Å². The van der Waals surface area contributed by atoms with Gasteiger partial charge in [-0.05, 0) is 68.9 Å². The van der Waals surface area contributed by atoms with E-state index in [4.69, 9.17) is 0 Å². The summed E-state index contributed by atoms with van der Waals surface area (Å²) in [5.41, 5.74) is 2.50. The van der Waals surface area contributed by atoms with Gasteiger partial charge in [0.15, 0.2) is 0 Å². The number of piperidine rings is 1. The van der Waals surface area contributed by atoms with Gasteiger partial charge in [0.05, 0.1) is 4.90 Å². The number of sulfonamides is 1. The number of carbonyl (C=O) groups is 2. The number of benzene rings is 2. The summed E-state index contributed by atoms with van der Waals surface area (Å²) < 4.78 is 27.5. The highest BCUT2D eigenvalue weighted by atomic mass is 32.2. The first-order chi connectivity index (χ1) is 15.9. The first kappa shape index (κ1) is 23.4. The Morgan fingerprint density at radius 2 is 1.58 bits per heavy atom. The van der Waals surface area contributed by atoms with Gasteiger partial charge in [-0.1, -0.05) is 29.8 Å². The van der Waals surface area contributed by atoms with E-state index in [9.17, 15) is 18.0 Å². The zero-order chi connectivity index (χ0) is 23.4. The maximum atomic E-state index is 13.1. The van der Waals surface area contributed by atoms with E-state index in [-0.39, 0.29) is 23.3 Å². The molecule has 4 rings (SSSR count). The average Bonchev–Trinajstić information content (AvgIpc) is 3.34. The van der Waals surface area contributed by atoms with E-state index in [1.807, 2.05) is 24.0 Å². The van der Waals surface area contributed by atoms with Gasteiger partial charge < -0.3 is 10.2 Å². The molecule has 0 spiro atoms. The molecule has 176 valence electrons. The molecule has 7 nitrogen and oxygen atoms in total. The van der Waals surface area contributed by atoms with Crippen molar-refractivity contribution >= 4 is 21.8 Å². The summed E-state index contributed by atoms with van der Waals surface area (Å²) in [6, 6.07) is 13.3. The second kappa shape index (κ2) is 10.1. The molecule has 2 aromatic rings. The number of nitrogens with zero attached hydrogens (tertiary/aromatic N) is 2. The Morgan fingerprint density at radius 1 is 0.909 bits per heavy atom. The van der Waals surface area contributed by atoms with E-state index in [2.05, 4.69) is 5.32 Å². The average molecular weight is 470 g/mol. The Hall–Kier alpha value is -2.71. The van der Waals surface area contributed by atoms with Crippen LogP contribution in [0.15, 0.2) is 53.4 Å². The second-order valence-electron chi connectivity index (χ2n) is 8.85. The summed E-state index contributed by atoms with van der Waals surface area (Å²) in [6.07, 6.45) is 4.42. The van der Waals surface area contributed by atoms with Crippen molar-refractivity contribution in [1.82, 2.24) is 14.5 Å². The molecule has 2 aliphatic heterocycles. The van der Waals surface area contributed by atoms with Crippen LogP contribution in [-0.2, 0) is 21.4 Å². The van der Waals surface area contributed by atoms with Gasteiger partial charge in [-0.2, -0.15) is 4.31 Å². The maximum absolute atomic E-state index is 13.1. The molecule has 2 saturated heterocycles. The number of amides is 2. The molecule has 0 bridgehead atoms. The third-order valence-electron chi connectivity index (χ3n) is 6.44. The zero-order valence-electron chi connectivity index (χ0n) is 19.0. The fourth-order valence-electron chi connectivity index (χ4n) is 4.49. The van der Waals surface area contributed by atoms with E-state index in [0.29, 0.717) is 24.9 Å². The van der Waals surface area contributed by atoms with E-state index >= 15 is 0 Å². The standard InChI is InChI=1S/C25H31N3O4S/c1-19-7-13-22(14-8-19)33(31,32)28-17-5-6-23(28)24(29)26-18-20-9-11-21(12-10-20)25(30)27-15-3-2-4-16-27/h7-14,23H,2-6,15-18H2,1H3,(H,26,29)/t23-/m1/s1. The van der Waals surface area contributed by atoms with Crippen LogP contribution in [0.3, 0.4) is 0 Å². The molecule has 0 unspecified atom stereocenters. The number of aryl methyl sites for hydroxylation is 1. The Bertz CT molecular complexity index is 1090. The van der Waals surface area contributed by atoms with Gasteiger partial charge in [-0.15, -0.1) is 0 Å². The summed E-state index contributed by atoms with van der Waals surface area (Å²) in [5, 5.41) is 2.88. The lowest BCUT2D eigenvalue weighted by Gasteiger charge is -2.26. The minimum absolute atomic E-state index is 0.0493. The lowest BCUT2D eigenvalue weighted by Crippen LogP contribution is -2.45. The van der Waals surface area contributed by atoms with E-state index < -0.39 is 16.1 Å². The summed E-state index contributed by atoms with van der Waals surface area (Å²) in [5.74, 6) is -0.246. The Kier molecular flexibility index (Phi) is 7.14. The van der Waals surface area contributed by atoms with Crippen LogP contribution in [0.4, 0.5) is 0 Å². The second-order valence-corrected chi connectivity index (χ2v) is 10.7. The third-order valence-corrected chi connectivity index (χ3v) is 8.37. The van der Waals surface area contributed by atoms with Crippen LogP contribution in [0, 0.1) is 6.92 Å². The number of nitrogens with one attached hydrogen (secondary N) is 1. The number of hydrogen-bond donors (Lipinski definition) is 1. The van der Waals surface area contributed by atoms with Gasteiger partial charge in [-0.25, -0.2) is 8.42 Å². The Labute approximate surface area is 195 Å². The Morgan fingerprint density at radius 3 is 2.24 bits per heavy atom. The molecule has 0 aromatic heterocycles. The van der Waals surface area contributed by atoms with Crippen LogP contribution < -0.4 is 5.32 Å². The number of hydrogen-bond acceptors (Lipinski definition) is 4. The molecule has 1 atom stereocenters. The molecule has 0 saturated carbocycles. The van der Waals surface area contributed by atoms with Crippen LogP contribution >= 0.6 is 0 Å². The van der Waals surface area contributed by atoms with Crippen molar-refractivity contribution in [2.24, 2.45) is 0 Å². The van der Waals surface area contributed by atoms with Crippen molar-refractivity contribution in [2.45, 2.75) is 56.5 Å². The number of rotatable bonds is 6. The monoisotopic (exact) mass is 469 g/mol.